The maximum Gasteiger partial charge on any atom is 0.138 e. The fourth-order valence-electron chi connectivity index (χ4n) is 2.93. The van der Waals surface area contributed by atoms with Gasteiger partial charge in [0.25, 0.3) is 0 Å². The summed E-state index contributed by atoms with van der Waals surface area (Å²) < 4.78 is 11.7. The summed E-state index contributed by atoms with van der Waals surface area (Å²) in [5, 5.41) is 0.558. The van der Waals surface area contributed by atoms with Gasteiger partial charge in [0.1, 0.15) is 23.9 Å². The molecule has 4 rings (SSSR count). The summed E-state index contributed by atoms with van der Waals surface area (Å²) in [7, 11) is 0. The largest absolute Gasteiger partial charge is 0.487 e. The van der Waals surface area contributed by atoms with E-state index in [0.717, 1.165) is 28.3 Å². The number of para-hydroxylation sites is 1. The molecule has 0 N–H and O–H groups in total. The van der Waals surface area contributed by atoms with Crippen LogP contribution in [0.1, 0.15) is 16.7 Å². The molecule has 0 aliphatic heterocycles. The second-order valence-electron chi connectivity index (χ2n) is 7.13. The van der Waals surface area contributed by atoms with Crippen LogP contribution in [0.15, 0.2) is 102 Å². The molecule has 0 aromatic heterocycles. The Hall–Kier alpha value is -3.56. The first-order valence-electron chi connectivity index (χ1n) is 10.0. The summed E-state index contributed by atoms with van der Waals surface area (Å²) in [5.74, 6) is 2.23. The Morgan fingerprint density at radius 1 is 0.806 bits per heavy atom. The lowest BCUT2D eigenvalue weighted by Gasteiger charge is -2.09. The van der Waals surface area contributed by atoms with E-state index >= 15 is 0 Å². The van der Waals surface area contributed by atoms with E-state index in [9.17, 15) is 0 Å². The maximum absolute atomic E-state index is 6.40. The molecule has 0 spiro atoms. The van der Waals surface area contributed by atoms with Crippen LogP contribution in [0, 0.1) is 6.92 Å². The fourth-order valence-corrected chi connectivity index (χ4v) is 3.18. The minimum atomic E-state index is 0.477. The Morgan fingerprint density at radius 2 is 1.52 bits per heavy atom. The third-order valence-corrected chi connectivity index (χ3v) is 4.94. The SMILES string of the molecule is Cc1ccc(COc2ccc(C=Nc3ccc(Oc4ccccc4)cc3)cc2Cl)cc1. The van der Waals surface area contributed by atoms with Gasteiger partial charge in [-0.3, -0.25) is 4.99 Å². The zero-order chi connectivity index (χ0) is 21.5. The van der Waals surface area contributed by atoms with Crippen LogP contribution in [0.25, 0.3) is 0 Å². The summed E-state index contributed by atoms with van der Waals surface area (Å²) in [6, 6.07) is 31.2. The Kier molecular flexibility index (Phi) is 6.65. The van der Waals surface area contributed by atoms with Gasteiger partial charge in [-0.25, -0.2) is 0 Å². The van der Waals surface area contributed by atoms with Crippen LogP contribution in [-0.2, 0) is 6.61 Å². The summed E-state index contributed by atoms with van der Waals surface area (Å²) >= 11 is 6.40. The van der Waals surface area contributed by atoms with Gasteiger partial charge < -0.3 is 9.47 Å². The first kappa shape index (κ1) is 20.7. The van der Waals surface area contributed by atoms with Crippen molar-refractivity contribution >= 4 is 23.5 Å². The van der Waals surface area contributed by atoms with Gasteiger partial charge in [-0.05, 0) is 72.6 Å². The maximum atomic E-state index is 6.40. The molecule has 0 radical (unpaired) electrons. The van der Waals surface area contributed by atoms with Crippen molar-refractivity contribution in [2.24, 2.45) is 4.99 Å². The van der Waals surface area contributed by atoms with Crippen LogP contribution in [-0.4, -0.2) is 6.21 Å². The minimum absolute atomic E-state index is 0.477. The van der Waals surface area contributed by atoms with E-state index in [2.05, 4.69) is 36.2 Å². The normalized spacial score (nSPS) is 10.9. The molecule has 3 nitrogen and oxygen atoms in total. The summed E-state index contributed by atoms with van der Waals surface area (Å²) in [4.78, 5) is 4.52. The van der Waals surface area contributed by atoms with Crippen molar-refractivity contribution in [2.75, 3.05) is 0 Å². The molecule has 0 saturated carbocycles. The van der Waals surface area contributed by atoms with Crippen molar-refractivity contribution in [3.63, 3.8) is 0 Å². The van der Waals surface area contributed by atoms with Gasteiger partial charge in [0.15, 0.2) is 0 Å². The molecule has 0 heterocycles. The molecule has 0 saturated heterocycles. The van der Waals surface area contributed by atoms with E-state index in [1.807, 2.05) is 72.8 Å². The Morgan fingerprint density at radius 3 is 2.23 bits per heavy atom. The number of aliphatic imine (C=N–C) groups is 1. The lowest BCUT2D eigenvalue weighted by molar-refractivity contribution is 0.306. The molecule has 4 heteroatoms. The first-order valence-corrected chi connectivity index (χ1v) is 10.4. The second-order valence-corrected chi connectivity index (χ2v) is 7.54. The van der Waals surface area contributed by atoms with E-state index in [4.69, 9.17) is 21.1 Å². The van der Waals surface area contributed by atoms with Gasteiger partial charge in [-0.2, -0.15) is 0 Å². The number of ether oxygens (including phenoxy) is 2. The summed E-state index contributed by atoms with van der Waals surface area (Å²) in [5.41, 5.74) is 4.06. The van der Waals surface area contributed by atoms with E-state index < -0.39 is 0 Å². The number of hydrogen-bond donors (Lipinski definition) is 0. The summed E-state index contributed by atoms with van der Waals surface area (Å²) in [6.45, 7) is 2.54. The smallest absolute Gasteiger partial charge is 0.138 e. The predicted octanol–water partition coefficient (Wildman–Crippen LogP) is 7.77. The number of halogens is 1. The van der Waals surface area contributed by atoms with Gasteiger partial charge in [-0.1, -0.05) is 59.6 Å². The zero-order valence-corrected chi connectivity index (χ0v) is 17.9. The van der Waals surface area contributed by atoms with Gasteiger partial charge in [-0.15, -0.1) is 0 Å². The second kappa shape index (κ2) is 9.96. The van der Waals surface area contributed by atoms with Gasteiger partial charge in [0.05, 0.1) is 10.7 Å². The average Bonchev–Trinajstić information content (AvgIpc) is 2.80. The molecule has 0 fully saturated rings. The van der Waals surface area contributed by atoms with Gasteiger partial charge >= 0.3 is 0 Å². The molecule has 4 aromatic carbocycles. The van der Waals surface area contributed by atoms with E-state index in [1.165, 1.54) is 5.56 Å². The third-order valence-electron chi connectivity index (χ3n) is 4.65. The molecule has 0 unspecified atom stereocenters. The van der Waals surface area contributed by atoms with Crippen molar-refractivity contribution < 1.29 is 9.47 Å². The molecule has 154 valence electrons. The Labute approximate surface area is 187 Å². The van der Waals surface area contributed by atoms with E-state index in [1.54, 1.807) is 6.21 Å². The van der Waals surface area contributed by atoms with Crippen LogP contribution in [0.4, 0.5) is 5.69 Å². The molecule has 4 aromatic rings. The van der Waals surface area contributed by atoms with Gasteiger partial charge in [0, 0.05) is 6.21 Å². The summed E-state index contributed by atoms with van der Waals surface area (Å²) in [6.07, 6.45) is 1.78. The average molecular weight is 428 g/mol. The van der Waals surface area contributed by atoms with E-state index in [-0.39, 0.29) is 0 Å². The van der Waals surface area contributed by atoms with Crippen molar-refractivity contribution in [1.82, 2.24) is 0 Å². The number of benzene rings is 4. The van der Waals surface area contributed by atoms with Gasteiger partial charge in [0.2, 0.25) is 0 Å². The predicted molar refractivity (Wildman–Crippen MR) is 127 cm³/mol. The van der Waals surface area contributed by atoms with Crippen molar-refractivity contribution in [2.45, 2.75) is 13.5 Å². The highest BCUT2D eigenvalue weighted by molar-refractivity contribution is 6.32. The zero-order valence-electron chi connectivity index (χ0n) is 17.2. The quantitative estimate of drug-likeness (QED) is 0.282. The molecular weight excluding hydrogens is 406 g/mol. The van der Waals surface area contributed by atoms with Crippen molar-refractivity contribution in [3.05, 3.63) is 119 Å². The number of nitrogens with zero attached hydrogens (tertiary/aromatic N) is 1. The lowest BCUT2D eigenvalue weighted by atomic mass is 10.2. The van der Waals surface area contributed by atoms with Crippen LogP contribution in [0.5, 0.6) is 17.2 Å². The first-order chi connectivity index (χ1) is 15.2. The monoisotopic (exact) mass is 427 g/mol. The molecule has 31 heavy (non-hydrogen) atoms. The molecule has 0 aliphatic rings. The Bertz CT molecular complexity index is 1150. The molecule has 0 atom stereocenters. The number of rotatable bonds is 7. The van der Waals surface area contributed by atoms with E-state index in [0.29, 0.717) is 17.4 Å². The minimum Gasteiger partial charge on any atom is -0.487 e. The highest BCUT2D eigenvalue weighted by Crippen LogP contribution is 2.27. The topological polar surface area (TPSA) is 30.8 Å². The Balaban J connectivity index is 1.36. The standard InChI is InChI=1S/C27H22ClNO2/c1-20-7-9-21(10-8-20)19-30-27-16-11-22(17-26(27)28)18-29-23-12-14-25(15-13-23)31-24-5-3-2-4-6-24/h2-18H,19H2,1H3. The molecule has 0 bridgehead atoms. The number of aryl methyl sites for hydroxylation is 1. The molecule has 0 aliphatic carbocycles. The molecular formula is C27H22ClNO2. The van der Waals surface area contributed by atoms with Crippen LogP contribution >= 0.6 is 11.6 Å². The fraction of sp³-hybridized carbons (Fsp3) is 0.0741. The third kappa shape index (κ3) is 5.97. The molecule has 0 amide bonds. The van der Waals surface area contributed by atoms with Crippen molar-refractivity contribution in [1.29, 1.82) is 0 Å². The van der Waals surface area contributed by atoms with Crippen LogP contribution in [0.2, 0.25) is 5.02 Å². The highest BCUT2D eigenvalue weighted by Gasteiger charge is 2.03. The number of hydrogen-bond acceptors (Lipinski definition) is 3. The lowest BCUT2D eigenvalue weighted by Crippen LogP contribution is -1.96. The van der Waals surface area contributed by atoms with Crippen LogP contribution in [0.3, 0.4) is 0 Å². The van der Waals surface area contributed by atoms with Crippen LogP contribution < -0.4 is 9.47 Å². The van der Waals surface area contributed by atoms with Crippen molar-refractivity contribution in [3.8, 4) is 17.2 Å². The highest BCUT2D eigenvalue weighted by atomic mass is 35.5.